The summed E-state index contributed by atoms with van der Waals surface area (Å²) in [4.78, 5) is 2.36. The minimum absolute atomic E-state index is 0.107. The molecule has 0 spiro atoms. The van der Waals surface area contributed by atoms with Crippen molar-refractivity contribution in [1.29, 1.82) is 0 Å². The van der Waals surface area contributed by atoms with Crippen molar-refractivity contribution in [2.45, 2.75) is 85.5 Å². The van der Waals surface area contributed by atoms with E-state index in [1.807, 2.05) is 27.7 Å². The summed E-state index contributed by atoms with van der Waals surface area (Å²) in [7, 11) is 4.38. The van der Waals surface area contributed by atoms with Crippen molar-refractivity contribution in [2.75, 3.05) is 19.0 Å². The fraction of sp³-hybridized carbons (Fsp3) is 0.341. The van der Waals surface area contributed by atoms with Crippen LogP contribution in [0.4, 0.5) is 11.4 Å². The van der Waals surface area contributed by atoms with Gasteiger partial charge in [0, 0.05) is 46.6 Å². The average molecular weight is 644 g/mol. The number of likely N-dealkylation sites (N-methyl/N-ethyl adjacent to an activating group) is 1. The molecule has 2 nitrogen and oxygen atoms in total. The van der Waals surface area contributed by atoms with Crippen molar-refractivity contribution in [1.82, 2.24) is 0 Å². The van der Waals surface area contributed by atoms with E-state index < -0.39 is 0 Å². The van der Waals surface area contributed by atoms with Gasteiger partial charge in [0.1, 0.15) is 7.05 Å². The molecule has 7 rings (SSSR count). The lowest BCUT2D eigenvalue weighted by Crippen LogP contribution is -2.27. The Kier molecular flexibility index (Phi) is 10.0. The van der Waals surface area contributed by atoms with Crippen molar-refractivity contribution < 1.29 is 4.58 Å². The zero-order valence-electron chi connectivity index (χ0n) is 30.1. The van der Waals surface area contributed by atoms with Crippen LogP contribution < -0.4 is 4.90 Å². The van der Waals surface area contributed by atoms with E-state index in [1.54, 1.807) is 0 Å². The van der Waals surface area contributed by atoms with Crippen molar-refractivity contribution in [2.24, 2.45) is 0 Å². The molecule has 0 aromatic heterocycles. The molecule has 1 aliphatic carbocycles. The van der Waals surface area contributed by atoms with Gasteiger partial charge in [-0.25, -0.2) is 0 Å². The number of rotatable bonds is 3. The first kappa shape index (κ1) is 34.5. The Balaban J connectivity index is 0.00000105. The molecule has 0 bridgehead atoms. The third-order valence-electron chi connectivity index (χ3n) is 10.1. The Hall–Kier alpha value is -3.88. The molecule has 0 atom stereocenters. The average Bonchev–Trinajstić information content (AvgIpc) is 3.42. The molecule has 4 aromatic rings. The SMILES string of the molecule is CC.CC.CN1/C(=C/C=C2\CCCC(/C=C/C3=[N+](C)c4ccc5ccccc5c4C3(C)C)=C2Cl)C(C)(C)c2c1ccc1ccccc21. The number of hydrogen-bond acceptors (Lipinski definition) is 1. The Morgan fingerprint density at radius 2 is 1.30 bits per heavy atom. The Morgan fingerprint density at radius 1 is 0.702 bits per heavy atom. The van der Waals surface area contributed by atoms with Gasteiger partial charge in [-0.15, -0.1) is 0 Å². The molecule has 244 valence electrons. The molecule has 0 radical (unpaired) electrons. The summed E-state index contributed by atoms with van der Waals surface area (Å²) in [6.45, 7) is 17.4. The number of halogens is 1. The molecule has 47 heavy (non-hydrogen) atoms. The molecular weight excluding hydrogens is 592 g/mol. The van der Waals surface area contributed by atoms with Gasteiger partial charge in [-0.2, -0.15) is 4.58 Å². The topological polar surface area (TPSA) is 6.25 Å². The summed E-state index contributed by atoms with van der Waals surface area (Å²) in [6.07, 6.45) is 12.3. The van der Waals surface area contributed by atoms with E-state index in [4.69, 9.17) is 11.6 Å². The van der Waals surface area contributed by atoms with Gasteiger partial charge < -0.3 is 4.90 Å². The first-order valence-corrected chi connectivity index (χ1v) is 17.9. The summed E-state index contributed by atoms with van der Waals surface area (Å²) in [5.41, 5.74) is 10.2. The maximum atomic E-state index is 7.16. The highest BCUT2D eigenvalue weighted by molar-refractivity contribution is 6.32. The van der Waals surface area contributed by atoms with Crippen molar-refractivity contribution in [3.63, 3.8) is 0 Å². The van der Waals surface area contributed by atoms with Crippen molar-refractivity contribution in [3.8, 4) is 0 Å². The van der Waals surface area contributed by atoms with Gasteiger partial charge in [0.05, 0.1) is 5.41 Å². The smallest absolute Gasteiger partial charge is 0.210 e. The molecule has 0 fully saturated rings. The second-order valence-corrected chi connectivity index (χ2v) is 13.8. The maximum Gasteiger partial charge on any atom is 0.210 e. The van der Waals surface area contributed by atoms with E-state index in [1.165, 1.54) is 66.6 Å². The number of anilines is 1. The van der Waals surface area contributed by atoms with Gasteiger partial charge in [-0.1, -0.05) is 120 Å². The predicted octanol–water partition coefficient (Wildman–Crippen LogP) is 12.5. The minimum atomic E-state index is -0.107. The van der Waals surface area contributed by atoms with E-state index >= 15 is 0 Å². The van der Waals surface area contributed by atoms with E-state index in [-0.39, 0.29) is 10.8 Å². The number of benzene rings is 4. The third kappa shape index (κ3) is 5.80. The first-order valence-electron chi connectivity index (χ1n) is 17.5. The zero-order valence-corrected chi connectivity index (χ0v) is 30.9. The van der Waals surface area contributed by atoms with E-state index in [0.717, 1.165) is 24.3 Å². The Labute approximate surface area is 288 Å². The number of nitrogens with zero attached hydrogens (tertiary/aromatic N) is 2. The van der Waals surface area contributed by atoms with Crippen LogP contribution in [-0.4, -0.2) is 24.4 Å². The van der Waals surface area contributed by atoms with E-state index in [9.17, 15) is 0 Å². The highest BCUT2D eigenvalue weighted by Gasteiger charge is 2.44. The van der Waals surface area contributed by atoms with Crippen LogP contribution in [0, 0.1) is 0 Å². The number of fused-ring (bicyclic) bond motifs is 6. The molecule has 0 amide bonds. The third-order valence-corrected chi connectivity index (χ3v) is 10.6. The normalized spacial score (nSPS) is 19.7. The van der Waals surface area contributed by atoms with E-state index in [2.05, 4.69) is 148 Å². The van der Waals surface area contributed by atoms with Crippen LogP contribution in [0.5, 0.6) is 0 Å². The second kappa shape index (κ2) is 13.7. The first-order chi connectivity index (χ1) is 22.6. The fourth-order valence-corrected chi connectivity index (χ4v) is 8.27. The van der Waals surface area contributed by atoms with Gasteiger partial charge in [0.25, 0.3) is 0 Å². The number of hydrogen-bond donors (Lipinski definition) is 0. The van der Waals surface area contributed by atoms with Crippen LogP contribution in [0.15, 0.2) is 119 Å². The largest absolute Gasteiger partial charge is 0.347 e. The van der Waals surface area contributed by atoms with Crippen LogP contribution in [0.1, 0.15) is 85.8 Å². The molecule has 3 heteroatoms. The summed E-state index contributed by atoms with van der Waals surface area (Å²) in [6, 6.07) is 26.5. The highest BCUT2D eigenvalue weighted by Crippen LogP contribution is 2.50. The van der Waals surface area contributed by atoms with Crippen molar-refractivity contribution >= 4 is 50.2 Å². The quantitative estimate of drug-likeness (QED) is 0.201. The van der Waals surface area contributed by atoms with E-state index in [0.29, 0.717) is 0 Å². The van der Waals surface area contributed by atoms with Crippen LogP contribution in [0.3, 0.4) is 0 Å². The van der Waals surface area contributed by atoms with Crippen molar-refractivity contribution in [3.05, 3.63) is 130 Å². The minimum Gasteiger partial charge on any atom is -0.347 e. The maximum absolute atomic E-state index is 7.16. The molecule has 3 aliphatic rings. The monoisotopic (exact) mass is 643 g/mol. The molecule has 2 aliphatic heterocycles. The Bertz CT molecular complexity index is 1980. The highest BCUT2D eigenvalue weighted by atomic mass is 35.5. The standard InChI is InChI=1S/C40H40ClN2.2C2H6/c1-39(2)34(42(5)32-22-18-26-12-7-9-16-30(26)36(32)39)24-20-28-14-11-15-29(38(28)41)21-25-35-40(3,4)37-31-17-10-8-13-27(31)19-23-33(37)43(35)6;2*1-2/h7-10,12-13,16-25H,11,14-15H2,1-6H3;2*1-2H3/q+1;;. The lowest BCUT2D eigenvalue weighted by molar-refractivity contribution is -0.401. The van der Waals surface area contributed by atoms with Crippen LogP contribution in [0.25, 0.3) is 21.5 Å². The molecule has 0 unspecified atom stereocenters. The molecule has 0 N–H and O–H groups in total. The fourth-order valence-electron chi connectivity index (χ4n) is 7.95. The van der Waals surface area contributed by atoms with Gasteiger partial charge >= 0.3 is 0 Å². The van der Waals surface area contributed by atoms with Crippen LogP contribution in [-0.2, 0) is 10.8 Å². The molecule has 0 saturated carbocycles. The predicted molar refractivity (Wildman–Crippen MR) is 208 cm³/mol. The summed E-state index contributed by atoms with van der Waals surface area (Å²) in [5, 5.41) is 6.17. The summed E-state index contributed by atoms with van der Waals surface area (Å²) < 4.78 is 2.36. The molecule has 4 aromatic carbocycles. The molecule has 2 heterocycles. The lowest BCUT2D eigenvalue weighted by atomic mass is 9.79. The molecule has 0 saturated heterocycles. The van der Waals surface area contributed by atoms with Gasteiger partial charge in [-0.3, -0.25) is 0 Å². The van der Waals surface area contributed by atoms with Gasteiger partial charge in [0.2, 0.25) is 5.69 Å². The number of allylic oxidation sites excluding steroid dienone is 8. The van der Waals surface area contributed by atoms with Gasteiger partial charge in [0.15, 0.2) is 5.71 Å². The van der Waals surface area contributed by atoms with Gasteiger partial charge in [-0.05, 0) is 89.6 Å². The Morgan fingerprint density at radius 3 is 1.96 bits per heavy atom. The zero-order chi connectivity index (χ0) is 34.1. The van der Waals surface area contributed by atoms with Crippen LogP contribution >= 0.6 is 11.6 Å². The summed E-state index contributed by atoms with van der Waals surface area (Å²) in [5.74, 6) is 0. The lowest BCUT2D eigenvalue weighted by Gasteiger charge is -2.25. The van der Waals surface area contributed by atoms with Crippen LogP contribution in [0.2, 0.25) is 0 Å². The second-order valence-electron chi connectivity index (χ2n) is 13.4. The summed E-state index contributed by atoms with van der Waals surface area (Å²) >= 11 is 7.16. The molecular formula is C44H52ClN2+.